The van der Waals surface area contributed by atoms with Crippen LogP contribution in [0.3, 0.4) is 0 Å². The number of rotatable bonds is 0. The second kappa shape index (κ2) is 2.64. The fraction of sp³-hybridized carbons (Fsp3) is 0. The van der Waals surface area contributed by atoms with E-state index in [0.29, 0.717) is 14.8 Å². The molecule has 0 aromatic carbocycles. The molecule has 0 spiro atoms. The molecule has 0 radical (unpaired) electrons. The summed E-state index contributed by atoms with van der Waals surface area (Å²) in [5.74, 6) is 0. The van der Waals surface area contributed by atoms with Crippen molar-refractivity contribution >= 4 is 35.4 Å². The van der Waals surface area contributed by atoms with Crippen LogP contribution < -0.4 is 0 Å². The van der Waals surface area contributed by atoms with E-state index in [9.17, 15) is 0 Å². The summed E-state index contributed by atoms with van der Waals surface area (Å²) in [5, 5.41) is 0.630. The summed E-state index contributed by atoms with van der Waals surface area (Å²) in [6.07, 6.45) is 1.40. The summed E-state index contributed by atoms with van der Waals surface area (Å²) in [6, 6.07) is 0. The summed E-state index contributed by atoms with van der Waals surface area (Å²) in [7, 11) is 0. The fourth-order valence-corrected chi connectivity index (χ4v) is 0.814. The summed E-state index contributed by atoms with van der Waals surface area (Å²) in [4.78, 5) is 6.28. The standard InChI is InChI=1S/C4H2Cl2N2S/c5-2-3(6)7-1-8-4(2)9/h1H,(H,7,8,9). The van der Waals surface area contributed by atoms with Gasteiger partial charge in [-0.15, -0.1) is 0 Å². The van der Waals surface area contributed by atoms with Crippen molar-refractivity contribution in [3.63, 3.8) is 0 Å². The molecule has 0 fully saturated rings. The second-order valence-corrected chi connectivity index (χ2v) is 2.48. The van der Waals surface area contributed by atoms with E-state index in [2.05, 4.69) is 9.97 Å². The SMILES string of the molecule is S=c1nc[nH]c(Cl)c1Cl. The molecule has 0 saturated heterocycles. The lowest BCUT2D eigenvalue weighted by Gasteiger charge is -1.90. The van der Waals surface area contributed by atoms with Crippen LogP contribution in [-0.2, 0) is 0 Å². The predicted octanol–water partition coefficient (Wildman–Crippen LogP) is 2.45. The average molecular weight is 181 g/mol. The Labute approximate surface area is 66.8 Å². The normalized spacial score (nSPS) is 9.56. The Morgan fingerprint density at radius 2 is 2.22 bits per heavy atom. The van der Waals surface area contributed by atoms with Gasteiger partial charge in [0.2, 0.25) is 0 Å². The fourth-order valence-electron chi connectivity index (χ4n) is 0.361. The maximum Gasteiger partial charge on any atom is 0.149 e. The monoisotopic (exact) mass is 180 g/mol. The van der Waals surface area contributed by atoms with Gasteiger partial charge < -0.3 is 4.98 Å². The van der Waals surface area contributed by atoms with Crippen LogP contribution in [0.5, 0.6) is 0 Å². The van der Waals surface area contributed by atoms with Crippen LogP contribution in [0, 0.1) is 4.64 Å². The number of hydrogen-bond acceptors (Lipinski definition) is 2. The largest absolute Gasteiger partial charge is 0.336 e. The van der Waals surface area contributed by atoms with Gasteiger partial charge in [0.15, 0.2) is 0 Å². The predicted molar refractivity (Wildman–Crippen MR) is 39.4 cm³/mol. The Morgan fingerprint density at radius 3 is 2.67 bits per heavy atom. The van der Waals surface area contributed by atoms with E-state index >= 15 is 0 Å². The highest BCUT2D eigenvalue weighted by Crippen LogP contribution is 2.17. The number of hydrogen-bond donors (Lipinski definition) is 1. The van der Waals surface area contributed by atoms with Crippen molar-refractivity contribution in [1.82, 2.24) is 9.97 Å². The van der Waals surface area contributed by atoms with Gasteiger partial charge in [0.05, 0.1) is 6.33 Å². The molecule has 1 heterocycles. The van der Waals surface area contributed by atoms with Crippen molar-refractivity contribution in [1.29, 1.82) is 0 Å². The van der Waals surface area contributed by atoms with Gasteiger partial charge >= 0.3 is 0 Å². The molecule has 9 heavy (non-hydrogen) atoms. The van der Waals surface area contributed by atoms with Gasteiger partial charge in [0.25, 0.3) is 0 Å². The van der Waals surface area contributed by atoms with Crippen LogP contribution in [0.2, 0.25) is 10.2 Å². The molecular weight excluding hydrogens is 179 g/mol. The molecule has 1 aromatic rings. The van der Waals surface area contributed by atoms with Gasteiger partial charge in [0, 0.05) is 0 Å². The Morgan fingerprint density at radius 1 is 1.56 bits per heavy atom. The molecule has 0 unspecified atom stereocenters. The van der Waals surface area contributed by atoms with Crippen molar-refractivity contribution in [2.24, 2.45) is 0 Å². The van der Waals surface area contributed by atoms with E-state index in [0.717, 1.165) is 0 Å². The van der Waals surface area contributed by atoms with Gasteiger partial charge in [0.1, 0.15) is 14.8 Å². The molecule has 0 bridgehead atoms. The zero-order chi connectivity index (χ0) is 6.85. The van der Waals surface area contributed by atoms with Crippen molar-refractivity contribution in [2.45, 2.75) is 0 Å². The van der Waals surface area contributed by atoms with Crippen molar-refractivity contribution in [3.05, 3.63) is 21.1 Å². The molecule has 1 rings (SSSR count). The van der Waals surface area contributed by atoms with E-state index in [4.69, 9.17) is 35.4 Å². The molecule has 2 nitrogen and oxygen atoms in total. The Bertz CT molecular complexity index is 270. The van der Waals surface area contributed by atoms with Crippen molar-refractivity contribution in [2.75, 3.05) is 0 Å². The second-order valence-electron chi connectivity index (χ2n) is 1.34. The minimum absolute atomic E-state index is 0.300. The van der Waals surface area contributed by atoms with E-state index in [1.54, 1.807) is 0 Å². The summed E-state index contributed by atoms with van der Waals surface area (Å²) < 4.78 is 0.320. The first kappa shape index (κ1) is 6.99. The zero-order valence-electron chi connectivity index (χ0n) is 4.19. The van der Waals surface area contributed by atoms with Crippen molar-refractivity contribution < 1.29 is 0 Å². The molecule has 0 amide bonds. The molecule has 1 aromatic heterocycles. The number of aromatic amines is 1. The van der Waals surface area contributed by atoms with Gasteiger partial charge in [-0.2, -0.15) is 0 Å². The smallest absolute Gasteiger partial charge is 0.149 e. The molecule has 5 heteroatoms. The van der Waals surface area contributed by atoms with Crippen molar-refractivity contribution in [3.8, 4) is 0 Å². The van der Waals surface area contributed by atoms with Crippen LogP contribution in [0.4, 0.5) is 0 Å². The molecule has 0 aliphatic carbocycles. The van der Waals surface area contributed by atoms with Crippen LogP contribution in [-0.4, -0.2) is 9.97 Å². The van der Waals surface area contributed by atoms with Gasteiger partial charge in [-0.1, -0.05) is 35.4 Å². The Hall–Kier alpha value is -0.120. The summed E-state index contributed by atoms with van der Waals surface area (Å²) in [6.45, 7) is 0. The number of halogens is 2. The lowest BCUT2D eigenvalue weighted by molar-refractivity contribution is 1.15. The van der Waals surface area contributed by atoms with E-state index in [1.807, 2.05) is 0 Å². The number of H-pyrrole nitrogens is 1. The quantitative estimate of drug-likeness (QED) is 0.491. The highest BCUT2D eigenvalue weighted by molar-refractivity contribution is 7.71. The Kier molecular flexibility index (Phi) is 2.05. The van der Waals surface area contributed by atoms with E-state index in [1.165, 1.54) is 6.33 Å². The molecule has 1 N–H and O–H groups in total. The highest BCUT2D eigenvalue weighted by atomic mass is 35.5. The molecule has 0 aliphatic rings. The zero-order valence-corrected chi connectivity index (χ0v) is 6.52. The summed E-state index contributed by atoms with van der Waals surface area (Å²) >= 11 is 15.8. The van der Waals surface area contributed by atoms with Gasteiger partial charge in [-0.25, -0.2) is 4.98 Å². The third-order valence-corrected chi connectivity index (χ3v) is 1.94. The first-order valence-corrected chi connectivity index (χ1v) is 3.27. The maximum absolute atomic E-state index is 5.55. The molecule has 0 atom stereocenters. The first-order chi connectivity index (χ1) is 4.22. The molecular formula is C4H2Cl2N2S. The molecule has 0 aliphatic heterocycles. The number of aromatic nitrogens is 2. The van der Waals surface area contributed by atoms with Crippen LogP contribution in [0.1, 0.15) is 0 Å². The maximum atomic E-state index is 5.55. The third-order valence-electron chi connectivity index (χ3n) is 0.754. The molecule has 48 valence electrons. The van der Waals surface area contributed by atoms with Crippen LogP contribution in [0.25, 0.3) is 0 Å². The molecule has 0 saturated carbocycles. The Balaban J connectivity index is 3.43. The van der Waals surface area contributed by atoms with Gasteiger partial charge in [-0.3, -0.25) is 0 Å². The lowest BCUT2D eigenvalue weighted by Crippen LogP contribution is -1.80. The van der Waals surface area contributed by atoms with E-state index in [-0.39, 0.29) is 0 Å². The highest BCUT2D eigenvalue weighted by Gasteiger charge is 1.96. The minimum atomic E-state index is 0.300. The first-order valence-electron chi connectivity index (χ1n) is 2.10. The summed E-state index contributed by atoms with van der Waals surface area (Å²) in [5.41, 5.74) is 0. The third kappa shape index (κ3) is 1.41. The number of nitrogens with zero attached hydrogens (tertiary/aromatic N) is 1. The van der Waals surface area contributed by atoms with Crippen LogP contribution >= 0.6 is 35.4 Å². The van der Waals surface area contributed by atoms with E-state index < -0.39 is 0 Å². The lowest BCUT2D eigenvalue weighted by atomic mass is 10.7. The topological polar surface area (TPSA) is 28.7 Å². The van der Waals surface area contributed by atoms with Gasteiger partial charge in [-0.05, 0) is 0 Å². The van der Waals surface area contributed by atoms with Crippen LogP contribution in [0.15, 0.2) is 6.33 Å². The number of nitrogens with one attached hydrogen (secondary N) is 1. The minimum Gasteiger partial charge on any atom is -0.336 e. The average Bonchev–Trinajstić information content (AvgIpc) is 1.83.